The molecule has 0 aliphatic rings. The number of hydrogen-bond donors (Lipinski definition) is 16. The van der Waals surface area contributed by atoms with Gasteiger partial charge in [0.2, 0.25) is 41.4 Å². The molecular weight excluding hydrogens is 907 g/mol. The lowest BCUT2D eigenvalue weighted by molar-refractivity contribution is -0.145. The van der Waals surface area contributed by atoms with Crippen molar-refractivity contribution in [1.29, 1.82) is 5.41 Å². The predicted molar refractivity (Wildman–Crippen MR) is 246 cm³/mol. The first-order valence-electron chi connectivity index (χ1n) is 21.1. The number of nitrogens with one attached hydrogen (secondary N) is 10. The molecule has 1 aromatic rings. The zero-order chi connectivity index (χ0) is 50.3. The van der Waals surface area contributed by atoms with Crippen LogP contribution in [-0.2, 0) is 49.6 Å². The number of carbonyl (C=O) groups excluding carboxylic acids is 7. The maximum atomic E-state index is 14.1. The number of amides is 7. The van der Waals surface area contributed by atoms with Gasteiger partial charge in [0.05, 0.1) is 30.6 Å². The molecule has 17 N–H and O–H groups in total. The molecule has 0 saturated carbocycles. The lowest BCUT2D eigenvalue weighted by atomic mass is 10.0. The highest BCUT2D eigenvalue weighted by molar-refractivity contribution is 7.98. The van der Waals surface area contributed by atoms with Crippen LogP contribution in [-0.4, -0.2) is 163 Å². The van der Waals surface area contributed by atoms with Gasteiger partial charge in [0, 0.05) is 24.9 Å². The van der Waals surface area contributed by atoms with Gasteiger partial charge in [-0.3, -0.25) is 43.8 Å². The topological polar surface area (TPSA) is 415 Å². The molecule has 0 bridgehead atoms. The normalized spacial score (nSPS) is 15.3. The minimum atomic E-state index is -1.86. The number of guanidine groups is 1. The molecule has 66 heavy (non-hydrogen) atoms. The molecule has 1 heterocycles. The predicted octanol–water partition coefficient (Wildman–Crippen LogP) is -3.74. The third-order valence-electron chi connectivity index (χ3n) is 9.65. The van der Waals surface area contributed by atoms with Gasteiger partial charge in [0.15, 0.2) is 12.0 Å². The second kappa shape index (κ2) is 29.8. The van der Waals surface area contributed by atoms with Gasteiger partial charge in [-0.25, -0.2) is 9.78 Å². The quantitative estimate of drug-likeness (QED) is 0.0147. The molecule has 1 aromatic heterocycles. The van der Waals surface area contributed by atoms with Crippen molar-refractivity contribution in [2.75, 3.05) is 24.3 Å². The van der Waals surface area contributed by atoms with Crippen molar-refractivity contribution in [3.8, 4) is 0 Å². The maximum absolute atomic E-state index is 14.1. The van der Waals surface area contributed by atoms with Gasteiger partial charge in [-0.1, -0.05) is 27.7 Å². The Kier molecular flexibility index (Phi) is 26.3. The number of nitrogens with two attached hydrogens (primary N) is 2. The van der Waals surface area contributed by atoms with Crippen molar-refractivity contribution in [3.05, 3.63) is 18.2 Å². The Morgan fingerprint density at radius 3 is 1.80 bits per heavy atom. The molecule has 0 saturated heterocycles. The lowest BCUT2D eigenvalue weighted by Crippen LogP contribution is -2.61. The number of aromatic amines is 1. The molecule has 0 spiro atoms. The molecule has 1 rings (SSSR count). The molecular formula is C39H67N13O12S2. The van der Waals surface area contributed by atoms with E-state index in [9.17, 15) is 58.5 Å². The number of thioether (sulfide) groups is 1. The number of H-pyrrole nitrogens is 1. The molecule has 372 valence electrons. The van der Waals surface area contributed by atoms with Gasteiger partial charge < -0.3 is 74.3 Å². The fraction of sp³-hybridized carbons (Fsp3) is 0.667. The Labute approximate surface area is 392 Å². The number of nitrogens with zero attached hydrogens (tertiary/aromatic N) is 1. The molecule has 27 heteroatoms. The van der Waals surface area contributed by atoms with Crippen LogP contribution in [0.5, 0.6) is 0 Å². The first-order valence-corrected chi connectivity index (χ1v) is 23.1. The van der Waals surface area contributed by atoms with Gasteiger partial charge in [0.25, 0.3) is 0 Å². The average molecular weight is 974 g/mol. The number of carbonyl (C=O) groups is 9. The standard InChI is InChI=1S/C39H67N13O12S2/c1-18(2)12-24(35(60)52-30(20(5)53)38(63)64)47-34(59)26(14-28(54)55)48-32(57)23(8-7-10-44-39(41)42)46-33(58)25(13-21-15-43-17-45-21)49-37(62)29(19(3)4)51-36(61)27(16-65)50-31(56)22(40)9-11-66-6/h15,17-20,22-27,29-30,53,65H,7-14,16,40H2,1-6H3,(H,43,45)(H,46,58)(H,47,59)(H,48,57)(H,49,62)(H,50,56)(H,51,61)(H,52,60)(H,54,55)(H,63,64)(H4,41,42,44)/t20-,22+,23+,24+,25+,26+,27+,29+,30+/m1/s1. The number of carboxylic acids is 2. The highest BCUT2D eigenvalue weighted by Gasteiger charge is 2.36. The van der Waals surface area contributed by atoms with Crippen LogP contribution in [0.3, 0.4) is 0 Å². The Bertz CT molecular complexity index is 1810. The third-order valence-corrected chi connectivity index (χ3v) is 10.7. The van der Waals surface area contributed by atoms with E-state index < -0.39 is 126 Å². The van der Waals surface area contributed by atoms with Gasteiger partial charge in [0.1, 0.15) is 36.3 Å². The van der Waals surface area contributed by atoms with Crippen LogP contribution in [0, 0.1) is 17.2 Å². The summed E-state index contributed by atoms with van der Waals surface area (Å²) in [5.41, 5.74) is 11.6. The number of aliphatic hydroxyl groups excluding tert-OH is 1. The minimum absolute atomic E-state index is 0.0322. The molecule has 0 aliphatic carbocycles. The summed E-state index contributed by atoms with van der Waals surface area (Å²) in [5.74, 6) is -10.2. The number of thiol groups is 1. The van der Waals surface area contributed by atoms with E-state index in [2.05, 4.69) is 65.1 Å². The highest BCUT2D eigenvalue weighted by Crippen LogP contribution is 2.11. The fourth-order valence-corrected chi connectivity index (χ4v) is 6.81. The zero-order valence-electron chi connectivity index (χ0n) is 37.8. The van der Waals surface area contributed by atoms with E-state index in [-0.39, 0.29) is 43.9 Å². The number of imidazole rings is 1. The maximum Gasteiger partial charge on any atom is 0.328 e. The van der Waals surface area contributed by atoms with Crippen LogP contribution in [0.15, 0.2) is 12.5 Å². The van der Waals surface area contributed by atoms with Gasteiger partial charge in [-0.05, 0) is 56.5 Å². The third kappa shape index (κ3) is 21.5. The summed E-state index contributed by atoms with van der Waals surface area (Å²) in [7, 11) is 0. The first-order chi connectivity index (χ1) is 30.9. The summed E-state index contributed by atoms with van der Waals surface area (Å²) in [6.07, 6.45) is 2.00. The molecule has 25 nitrogen and oxygen atoms in total. The number of aliphatic hydroxyl groups is 1. The van der Waals surface area contributed by atoms with Crippen molar-refractivity contribution in [1.82, 2.24) is 52.5 Å². The van der Waals surface area contributed by atoms with Crippen LogP contribution in [0.2, 0.25) is 0 Å². The number of aliphatic carboxylic acids is 2. The summed E-state index contributed by atoms with van der Waals surface area (Å²) in [6, 6.07) is -11.4. The number of carboxylic acid groups (broad SMARTS) is 2. The van der Waals surface area contributed by atoms with Gasteiger partial charge in [-0.15, -0.1) is 0 Å². The molecule has 7 amide bonds. The van der Waals surface area contributed by atoms with Crippen molar-refractivity contribution in [2.24, 2.45) is 23.3 Å². The summed E-state index contributed by atoms with van der Waals surface area (Å²) in [4.78, 5) is 125. The fourth-order valence-electron chi connectivity index (χ4n) is 6.06. The van der Waals surface area contributed by atoms with Gasteiger partial charge >= 0.3 is 11.9 Å². The summed E-state index contributed by atoms with van der Waals surface area (Å²) >= 11 is 5.68. The zero-order valence-corrected chi connectivity index (χ0v) is 39.6. The van der Waals surface area contributed by atoms with Crippen molar-refractivity contribution in [2.45, 2.75) is 128 Å². The van der Waals surface area contributed by atoms with Crippen molar-refractivity contribution in [3.63, 3.8) is 0 Å². The molecule has 0 fully saturated rings. The number of rotatable bonds is 31. The molecule has 0 unspecified atom stereocenters. The molecule has 0 aliphatic heterocycles. The van der Waals surface area contributed by atoms with Crippen molar-refractivity contribution >= 4 is 83.6 Å². The van der Waals surface area contributed by atoms with Crippen LogP contribution in [0.1, 0.15) is 72.4 Å². The Hall–Kier alpha value is -5.67. The minimum Gasteiger partial charge on any atom is -0.481 e. The Morgan fingerprint density at radius 1 is 0.758 bits per heavy atom. The van der Waals surface area contributed by atoms with E-state index in [1.165, 1.54) is 24.3 Å². The van der Waals surface area contributed by atoms with Crippen LogP contribution in [0.4, 0.5) is 0 Å². The van der Waals surface area contributed by atoms with Crippen LogP contribution in [0.25, 0.3) is 0 Å². The second-order valence-electron chi connectivity index (χ2n) is 16.1. The van der Waals surface area contributed by atoms with E-state index in [1.54, 1.807) is 27.7 Å². The Balaban J connectivity index is 3.49. The molecule has 0 radical (unpaired) electrons. The second-order valence-corrected chi connectivity index (χ2v) is 17.5. The van der Waals surface area contributed by atoms with E-state index in [4.69, 9.17) is 16.9 Å². The summed E-state index contributed by atoms with van der Waals surface area (Å²) < 4.78 is 0. The van der Waals surface area contributed by atoms with Crippen LogP contribution >= 0.6 is 24.4 Å². The number of aromatic nitrogens is 2. The highest BCUT2D eigenvalue weighted by atomic mass is 32.2. The molecule has 9 atom stereocenters. The number of hydrogen-bond acceptors (Lipinski definition) is 15. The van der Waals surface area contributed by atoms with Crippen LogP contribution < -0.4 is 54.0 Å². The first kappa shape index (κ1) is 58.3. The van der Waals surface area contributed by atoms with Gasteiger partial charge in [-0.2, -0.15) is 24.4 Å². The SMILES string of the molecule is CSCC[C@H](N)C(=O)N[C@@H](CS)C(=O)N[C@H](C(=O)N[C@@H](Cc1c[nH]cn1)C(=O)N[C@@H](CCCNC(=N)N)C(=O)N[C@@H](CC(=O)O)C(=O)N[C@@H](CC(C)C)C(=O)N[C@H](C(=O)O)[C@@H](C)O)C(C)C. The van der Waals surface area contributed by atoms with E-state index in [0.29, 0.717) is 17.9 Å². The van der Waals surface area contributed by atoms with E-state index >= 15 is 0 Å². The van der Waals surface area contributed by atoms with E-state index in [1.807, 2.05) is 6.26 Å². The van der Waals surface area contributed by atoms with Crippen molar-refractivity contribution < 1.29 is 58.5 Å². The average Bonchev–Trinajstić information content (AvgIpc) is 3.75. The van der Waals surface area contributed by atoms with E-state index in [0.717, 1.165) is 6.92 Å². The summed E-state index contributed by atoms with van der Waals surface area (Å²) in [5, 5.41) is 56.2. The smallest absolute Gasteiger partial charge is 0.328 e. The molecule has 0 aromatic carbocycles. The lowest BCUT2D eigenvalue weighted by Gasteiger charge is -2.28. The largest absolute Gasteiger partial charge is 0.481 e. The Morgan fingerprint density at radius 2 is 1.29 bits per heavy atom. The monoisotopic (exact) mass is 973 g/mol. The summed E-state index contributed by atoms with van der Waals surface area (Å²) in [6.45, 7) is 7.79.